The van der Waals surface area contributed by atoms with E-state index in [1.54, 1.807) is 6.92 Å². The van der Waals surface area contributed by atoms with Gasteiger partial charge in [-0.2, -0.15) is 0 Å². The predicted octanol–water partition coefficient (Wildman–Crippen LogP) is 0.277. The van der Waals surface area contributed by atoms with Crippen LogP contribution < -0.4 is 5.32 Å². The molecule has 3 N–H and O–H groups in total. The van der Waals surface area contributed by atoms with E-state index in [0.717, 1.165) is 12.8 Å². The molecule has 1 rings (SSSR count). The van der Waals surface area contributed by atoms with E-state index in [2.05, 4.69) is 5.32 Å². The molecule has 1 fully saturated rings. The molecule has 4 nitrogen and oxygen atoms in total. The largest absolute Gasteiger partial charge is 0.392 e. The normalized spacial score (nSPS) is 21.8. The number of ether oxygens (including phenoxy) is 1. The van der Waals surface area contributed by atoms with E-state index in [4.69, 9.17) is 9.84 Å². The van der Waals surface area contributed by atoms with Crippen molar-refractivity contribution in [2.45, 2.75) is 50.9 Å². The second kappa shape index (κ2) is 7.17. The maximum absolute atomic E-state index is 9.55. The Balaban J connectivity index is 1.95. The van der Waals surface area contributed by atoms with E-state index < -0.39 is 6.10 Å². The Bertz CT molecular complexity index is 158. The van der Waals surface area contributed by atoms with Gasteiger partial charge in [-0.1, -0.05) is 12.8 Å². The summed E-state index contributed by atoms with van der Waals surface area (Å²) >= 11 is 0. The lowest BCUT2D eigenvalue weighted by Crippen LogP contribution is -2.35. The minimum absolute atomic E-state index is 0.358. The first kappa shape index (κ1) is 12.9. The number of hydrogen-bond donors (Lipinski definition) is 3. The van der Waals surface area contributed by atoms with Crippen LogP contribution in [0, 0.1) is 0 Å². The third-order valence-electron chi connectivity index (χ3n) is 2.65. The van der Waals surface area contributed by atoms with Crippen molar-refractivity contribution in [3.8, 4) is 0 Å². The number of rotatable bonds is 7. The monoisotopic (exact) mass is 217 g/mol. The van der Waals surface area contributed by atoms with Gasteiger partial charge in [0.15, 0.2) is 0 Å². The van der Waals surface area contributed by atoms with Crippen molar-refractivity contribution in [1.82, 2.24) is 5.32 Å². The van der Waals surface area contributed by atoms with E-state index in [9.17, 15) is 5.11 Å². The lowest BCUT2D eigenvalue weighted by atomic mass is 10.3. The molecule has 4 heteroatoms. The standard InChI is InChI=1S/C11H23NO3/c1-9(13)6-12-7-10(14)8-15-11-4-2-3-5-11/h9-14H,2-8H2,1H3. The van der Waals surface area contributed by atoms with Gasteiger partial charge in [0.1, 0.15) is 0 Å². The lowest BCUT2D eigenvalue weighted by molar-refractivity contribution is -0.00607. The Kier molecular flexibility index (Phi) is 6.17. The van der Waals surface area contributed by atoms with Crippen LogP contribution in [0.2, 0.25) is 0 Å². The highest BCUT2D eigenvalue weighted by Crippen LogP contribution is 2.20. The van der Waals surface area contributed by atoms with Crippen LogP contribution in [-0.4, -0.2) is 48.2 Å². The molecule has 0 spiro atoms. The maximum atomic E-state index is 9.55. The van der Waals surface area contributed by atoms with E-state index in [1.165, 1.54) is 12.8 Å². The van der Waals surface area contributed by atoms with Crippen molar-refractivity contribution in [2.24, 2.45) is 0 Å². The summed E-state index contributed by atoms with van der Waals surface area (Å²) in [7, 11) is 0. The second-order valence-corrected chi connectivity index (χ2v) is 4.40. The van der Waals surface area contributed by atoms with Gasteiger partial charge in [-0.15, -0.1) is 0 Å². The van der Waals surface area contributed by atoms with Gasteiger partial charge < -0.3 is 20.3 Å². The summed E-state index contributed by atoms with van der Waals surface area (Å²) in [6.07, 6.45) is 4.29. The fourth-order valence-corrected chi connectivity index (χ4v) is 1.82. The quantitative estimate of drug-likeness (QED) is 0.573. The highest BCUT2D eigenvalue weighted by molar-refractivity contribution is 4.68. The Morgan fingerprint density at radius 3 is 2.53 bits per heavy atom. The molecule has 0 bridgehead atoms. The molecule has 1 saturated carbocycles. The van der Waals surface area contributed by atoms with Crippen LogP contribution in [0.1, 0.15) is 32.6 Å². The Morgan fingerprint density at radius 1 is 1.27 bits per heavy atom. The molecule has 90 valence electrons. The van der Waals surface area contributed by atoms with Crippen molar-refractivity contribution >= 4 is 0 Å². The summed E-state index contributed by atoms with van der Waals surface area (Å²) < 4.78 is 5.57. The SMILES string of the molecule is CC(O)CNCC(O)COC1CCCC1. The molecule has 2 unspecified atom stereocenters. The molecular formula is C11H23NO3. The van der Waals surface area contributed by atoms with E-state index in [-0.39, 0.29) is 6.10 Å². The van der Waals surface area contributed by atoms with Gasteiger partial charge in [0.25, 0.3) is 0 Å². The molecule has 0 amide bonds. The van der Waals surface area contributed by atoms with Crippen molar-refractivity contribution < 1.29 is 14.9 Å². The van der Waals surface area contributed by atoms with Gasteiger partial charge in [-0.05, 0) is 19.8 Å². The molecule has 1 aliphatic carbocycles. The Hall–Kier alpha value is -0.160. The second-order valence-electron chi connectivity index (χ2n) is 4.40. The van der Waals surface area contributed by atoms with Gasteiger partial charge in [0.05, 0.1) is 24.9 Å². The molecule has 0 saturated heterocycles. The van der Waals surface area contributed by atoms with E-state index in [1.807, 2.05) is 0 Å². The first-order chi connectivity index (χ1) is 7.18. The van der Waals surface area contributed by atoms with Crippen LogP contribution >= 0.6 is 0 Å². The summed E-state index contributed by atoms with van der Waals surface area (Å²) in [4.78, 5) is 0. The smallest absolute Gasteiger partial charge is 0.0897 e. The van der Waals surface area contributed by atoms with Crippen LogP contribution in [0.5, 0.6) is 0 Å². The highest BCUT2D eigenvalue weighted by atomic mass is 16.5. The van der Waals surface area contributed by atoms with Gasteiger partial charge >= 0.3 is 0 Å². The third-order valence-corrected chi connectivity index (χ3v) is 2.65. The highest BCUT2D eigenvalue weighted by Gasteiger charge is 2.16. The zero-order valence-electron chi connectivity index (χ0n) is 9.48. The van der Waals surface area contributed by atoms with E-state index in [0.29, 0.717) is 25.8 Å². The summed E-state index contributed by atoms with van der Waals surface area (Å²) in [5, 5.41) is 21.5. The van der Waals surface area contributed by atoms with Crippen molar-refractivity contribution in [3.63, 3.8) is 0 Å². The zero-order valence-corrected chi connectivity index (χ0v) is 9.48. The van der Waals surface area contributed by atoms with Crippen LogP contribution in [0.25, 0.3) is 0 Å². The van der Waals surface area contributed by atoms with Gasteiger partial charge in [0.2, 0.25) is 0 Å². The fraction of sp³-hybridized carbons (Fsp3) is 1.00. The third kappa shape index (κ3) is 6.10. The molecule has 0 aromatic rings. The topological polar surface area (TPSA) is 61.7 Å². The number of aliphatic hydroxyl groups excluding tert-OH is 2. The maximum Gasteiger partial charge on any atom is 0.0897 e. The number of hydrogen-bond acceptors (Lipinski definition) is 4. The van der Waals surface area contributed by atoms with E-state index >= 15 is 0 Å². The van der Waals surface area contributed by atoms with Gasteiger partial charge in [-0.25, -0.2) is 0 Å². The summed E-state index contributed by atoms with van der Waals surface area (Å²) in [5.74, 6) is 0. The molecule has 0 aromatic carbocycles. The van der Waals surface area contributed by atoms with Crippen molar-refractivity contribution in [2.75, 3.05) is 19.7 Å². The van der Waals surface area contributed by atoms with Crippen LogP contribution in [-0.2, 0) is 4.74 Å². The summed E-state index contributed by atoms with van der Waals surface area (Å²) in [5.41, 5.74) is 0. The first-order valence-corrected chi connectivity index (χ1v) is 5.87. The predicted molar refractivity (Wildman–Crippen MR) is 58.8 cm³/mol. The molecule has 2 atom stereocenters. The molecule has 1 aliphatic rings. The number of aliphatic hydroxyl groups is 2. The molecular weight excluding hydrogens is 194 g/mol. The van der Waals surface area contributed by atoms with Crippen LogP contribution in [0.15, 0.2) is 0 Å². The minimum Gasteiger partial charge on any atom is -0.392 e. The molecule has 0 radical (unpaired) electrons. The summed E-state index contributed by atoms with van der Waals surface area (Å²) in [6, 6.07) is 0. The minimum atomic E-state index is -0.468. The number of nitrogens with one attached hydrogen (secondary N) is 1. The van der Waals surface area contributed by atoms with Gasteiger partial charge in [0, 0.05) is 13.1 Å². The fourth-order valence-electron chi connectivity index (χ4n) is 1.82. The van der Waals surface area contributed by atoms with Crippen LogP contribution in [0.4, 0.5) is 0 Å². The average Bonchev–Trinajstić information content (AvgIpc) is 2.66. The first-order valence-electron chi connectivity index (χ1n) is 5.87. The van der Waals surface area contributed by atoms with Crippen LogP contribution in [0.3, 0.4) is 0 Å². The Morgan fingerprint density at radius 2 is 1.93 bits per heavy atom. The van der Waals surface area contributed by atoms with Crippen molar-refractivity contribution in [3.05, 3.63) is 0 Å². The molecule has 0 aromatic heterocycles. The van der Waals surface area contributed by atoms with Crippen molar-refractivity contribution in [1.29, 1.82) is 0 Å². The molecule has 15 heavy (non-hydrogen) atoms. The zero-order chi connectivity index (χ0) is 11.1. The van der Waals surface area contributed by atoms with Gasteiger partial charge in [-0.3, -0.25) is 0 Å². The Labute approximate surface area is 91.6 Å². The molecule has 0 heterocycles. The lowest BCUT2D eigenvalue weighted by Gasteiger charge is -2.16. The average molecular weight is 217 g/mol. The molecule has 0 aliphatic heterocycles. The summed E-state index contributed by atoms with van der Waals surface area (Å²) in [6.45, 7) is 3.12.